The van der Waals surface area contributed by atoms with Crippen molar-refractivity contribution < 1.29 is 8.42 Å². The molecule has 2 rings (SSSR count). The molecule has 0 atom stereocenters. The highest BCUT2D eigenvalue weighted by molar-refractivity contribution is 7.91. The Labute approximate surface area is 115 Å². The quantitative estimate of drug-likeness (QED) is 0.944. The fourth-order valence-corrected chi connectivity index (χ4v) is 4.68. The van der Waals surface area contributed by atoms with Crippen LogP contribution in [0.3, 0.4) is 0 Å². The minimum atomic E-state index is -3.41. The number of hydrogen-bond donors (Lipinski definition) is 1. The second-order valence-electron chi connectivity index (χ2n) is 3.94. The van der Waals surface area contributed by atoms with Crippen molar-refractivity contribution in [2.75, 3.05) is 0 Å². The number of sulfonamides is 1. The van der Waals surface area contributed by atoms with Gasteiger partial charge in [0.05, 0.1) is 12.2 Å². The van der Waals surface area contributed by atoms with E-state index in [0.29, 0.717) is 4.21 Å². The normalized spacial score (nSPS) is 11.9. The number of thiophene rings is 1. The maximum Gasteiger partial charge on any atom is 0.250 e. The van der Waals surface area contributed by atoms with Gasteiger partial charge in [-0.05, 0) is 32.9 Å². The van der Waals surface area contributed by atoms with Crippen molar-refractivity contribution in [1.29, 1.82) is 0 Å². The van der Waals surface area contributed by atoms with E-state index < -0.39 is 10.0 Å². The molecule has 0 radical (unpaired) electrons. The number of nitrogens with one attached hydrogen (secondary N) is 1. The molecule has 4 nitrogen and oxygen atoms in total. The van der Waals surface area contributed by atoms with Crippen molar-refractivity contribution in [3.8, 4) is 0 Å². The molecule has 2 aromatic rings. The molecule has 0 amide bonds. The zero-order chi connectivity index (χ0) is 13.3. The van der Waals surface area contributed by atoms with E-state index in [1.54, 1.807) is 12.1 Å². The number of aromatic nitrogens is 1. The number of rotatable bonds is 4. The fraction of sp³-hybridized carbons (Fsp3) is 0.364. The van der Waals surface area contributed by atoms with Crippen LogP contribution in [0.25, 0.3) is 0 Å². The SMILES string of the molecule is Cc1ccc(S(=O)(=O)NCc2nc(C)c(C)s2)s1. The van der Waals surface area contributed by atoms with Gasteiger partial charge >= 0.3 is 0 Å². The van der Waals surface area contributed by atoms with Crippen LogP contribution in [0, 0.1) is 20.8 Å². The van der Waals surface area contributed by atoms with Crippen LogP contribution in [0.5, 0.6) is 0 Å². The predicted octanol–water partition coefficient (Wildman–Crippen LogP) is 2.61. The molecular weight excluding hydrogens is 288 g/mol. The summed E-state index contributed by atoms with van der Waals surface area (Å²) in [6.45, 7) is 6.04. The number of hydrogen-bond acceptors (Lipinski definition) is 5. The third-order valence-electron chi connectivity index (χ3n) is 2.47. The molecule has 0 aliphatic heterocycles. The van der Waals surface area contributed by atoms with Gasteiger partial charge in [0.1, 0.15) is 9.22 Å². The van der Waals surface area contributed by atoms with Gasteiger partial charge in [-0.25, -0.2) is 18.1 Å². The summed E-state index contributed by atoms with van der Waals surface area (Å²) < 4.78 is 26.9. The van der Waals surface area contributed by atoms with E-state index in [4.69, 9.17) is 0 Å². The van der Waals surface area contributed by atoms with E-state index in [9.17, 15) is 8.42 Å². The molecule has 0 unspecified atom stereocenters. The average Bonchev–Trinajstić information content (AvgIpc) is 2.85. The van der Waals surface area contributed by atoms with Crippen molar-refractivity contribution in [3.63, 3.8) is 0 Å². The molecule has 1 N–H and O–H groups in total. The van der Waals surface area contributed by atoms with Crippen molar-refractivity contribution in [1.82, 2.24) is 9.71 Å². The Morgan fingerprint density at radius 3 is 2.44 bits per heavy atom. The summed E-state index contributed by atoms with van der Waals surface area (Å²) in [6, 6.07) is 3.43. The van der Waals surface area contributed by atoms with Gasteiger partial charge < -0.3 is 0 Å². The summed E-state index contributed by atoms with van der Waals surface area (Å²) in [6.07, 6.45) is 0. The van der Waals surface area contributed by atoms with Crippen LogP contribution < -0.4 is 4.72 Å². The first-order chi connectivity index (χ1) is 8.38. The van der Waals surface area contributed by atoms with Crippen LogP contribution in [0.1, 0.15) is 20.5 Å². The molecule has 0 aromatic carbocycles. The fourth-order valence-electron chi connectivity index (χ4n) is 1.40. The van der Waals surface area contributed by atoms with Crippen LogP contribution >= 0.6 is 22.7 Å². The average molecular weight is 302 g/mol. The molecule has 0 spiro atoms. The van der Waals surface area contributed by atoms with Crippen LogP contribution in [0.15, 0.2) is 16.3 Å². The molecule has 0 saturated carbocycles. The Kier molecular flexibility index (Phi) is 3.86. The molecule has 0 saturated heterocycles. The Morgan fingerprint density at radius 2 is 1.94 bits per heavy atom. The van der Waals surface area contributed by atoms with Crippen LogP contribution in [-0.2, 0) is 16.6 Å². The van der Waals surface area contributed by atoms with E-state index >= 15 is 0 Å². The topological polar surface area (TPSA) is 59.1 Å². The summed E-state index contributed by atoms with van der Waals surface area (Å²) in [7, 11) is -3.41. The van der Waals surface area contributed by atoms with Crippen LogP contribution in [0.4, 0.5) is 0 Å². The standard InChI is InChI=1S/C11H14N2O2S3/c1-7-4-5-11(16-7)18(14,15)12-6-10-13-8(2)9(3)17-10/h4-5,12H,6H2,1-3H3. The first-order valence-corrected chi connectivity index (χ1v) is 8.49. The molecule has 0 aliphatic rings. The van der Waals surface area contributed by atoms with Crippen molar-refractivity contribution in [3.05, 3.63) is 32.6 Å². The molecule has 2 aromatic heterocycles. The monoisotopic (exact) mass is 302 g/mol. The minimum absolute atomic E-state index is 0.249. The summed E-state index contributed by atoms with van der Waals surface area (Å²) in [4.78, 5) is 6.41. The molecule has 0 aliphatic carbocycles. The van der Waals surface area contributed by atoms with Gasteiger partial charge in [0.2, 0.25) is 10.0 Å². The predicted molar refractivity (Wildman–Crippen MR) is 74.7 cm³/mol. The summed E-state index contributed by atoms with van der Waals surface area (Å²) in [5, 5.41) is 0.793. The first-order valence-electron chi connectivity index (χ1n) is 5.37. The lowest BCUT2D eigenvalue weighted by molar-refractivity contribution is 0.583. The number of aryl methyl sites for hydroxylation is 3. The molecule has 0 fully saturated rings. The Bertz CT molecular complexity index is 636. The lowest BCUT2D eigenvalue weighted by Gasteiger charge is -2.01. The molecule has 2 heterocycles. The Hall–Kier alpha value is -0.760. The number of nitrogens with zero attached hydrogens (tertiary/aromatic N) is 1. The van der Waals surface area contributed by atoms with Gasteiger partial charge in [-0.15, -0.1) is 22.7 Å². The van der Waals surface area contributed by atoms with Crippen molar-refractivity contribution >= 4 is 32.7 Å². The van der Waals surface area contributed by atoms with Gasteiger partial charge in [-0.3, -0.25) is 0 Å². The summed E-state index contributed by atoms with van der Waals surface area (Å²) in [5.74, 6) is 0. The molecule has 98 valence electrons. The maximum absolute atomic E-state index is 12.0. The third-order valence-corrected chi connectivity index (χ3v) is 6.43. The second-order valence-corrected chi connectivity index (χ2v) is 8.51. The Balaban J connectivity index is 2.10. The minimum Gasteiger partial charge on any atom is -0.245 e. The molecule has 18 heavy (non-hydrogen) atoms. The summed E-state index contributed by atoms with van der Waals surface area (Å²) >= 11 is 2.79. The van der Waals surface area contributed by atoms with Gasteiger partial charge in [-0.2, -0.15) is 0 Å². The van der Waals surface area contributed by atoms with Crippen molar-refractivity contribution in [2.24, 2.45) is 0 Å². The molecule has 0 bridgehead atoms. The number of thiazole rings is 1. The maximum atomic E-state index is 12.0. The molecular formula is C11H14N2O2S3. The lowest BCUT2D eigenvalue weighted by atomic mass is 10.4. The smallest absolute Gasteiger partial charge is 0.245 e. The van der Waals surface area contributed by atoms with E-state index in [1.807, 2.05) is 20.8 Å². The Morgan fingerprint density at radius 1 is 1.22 bits per heavy atom. The van der Waals surface area contributed by atoms with E-state index in [1.165, 1.54) is 22.7 Å². The third kappa shape index (κ3) is 2.97. The zero-order valence-corrected chi connectivity index (χ0v) is 12.8. The highest BCUT2D eigenvalue weighted by Gasteiger charge is 2.16. The second kappa shape index (κ2) is 5.08. The van der Waals surface area contributed by atoms with Gasteiger partial charge in [-0.1, -0.05) is 0 Å². The van der Waals surface area contributed by atoms with E-state index in [-0.39, 0.29) is 6.54 Å². The van der Waals surface area contributed by atoms with Gasteiger partial charge in [0, 0.05) is 9.75 Å². The summed E-state index contributed by atoms with van der Waals surface area (Å²) in [5.41, 5.74) is 0.959. The van der Waals surface area contributed by atoms with Crippen LogP contribution in [0.2, 0.25) is 0 Å². The van der Waals surface area contributed by atoms with Crippen LogP contribution in [-0.4, -0.2) is 13.4 Å². The van der Waals surface area contributed by atoms with Gasteiger partial charge in [0.15, 0.2) is 0 Å². The van der Waals surface area contributed by atoms with Crippen molar-refractivity contribution in [2.45, 2.75) is 31.5 Å². The van der Waals surface area contributed by atoms with Gasteiger partial charge in [0.25, 0.3) is 0 Å². The molecule has 7 heteroatoms. The largest absolute Gasteiger partial charge is 0.250 e. The van der Waals surface area contributed by atoms with E-state index in [0.717, 1.165) is 20.5 Å². The highest BCUT2D eigenvalue weighted by atomic mass is 32.2. The lowest BCUT2D eigenvalue weighted by Crippen LogP contribution is -2.22. The first kappa shape index (κ1) is 13.7. The highest BCUT2D eigenvalue weighted by Crippen LogP contribution is 2.21. The van der Waals surface area contributed by atoms with E-state index in [2.05, 4.69) is 9.71 Å². The zero-order valence-electron chi connectivity index (χ0n) is 10.4.